The molecule has 1 aliphatic heterocycles. The molecule has 2 aromatic rings. The number of anilines is 2. The molecule has 0 unspecified atom stereocenters. The summed E-state index contributed by atoms with van der Waals surface area (Å²) in [4.78, 5) is 30.4. The van der Waals surface area contributed by atoms with E-state index in [4.69, 9.17) is 0 Å². The van der Waals surface area contributed by atoms with Crippen molar-refractivity contribution in [3.63, 3.8) is 0 Å². The molecule has 1 saturated carbocycles. The number of para-hydroxylation sites is 1. The maximum Gasteiger partial charge on any atom is 0.240 e. The van der Waals surface area contributed by atoms with Crippen LogP contribution in [0.25, 0.3) is 0 Å². The molecule has 1 N–H and O–H groups in total. The predicted molar refractivity (Wildman–Crippen MR) is 116 cm³/mol. The fourth-order valence-corrected chi connectivity index (χ4v) is 4.15. The molecule has 0 atom stereocenters. The Bertz CT molecular complexity index is 912. The number of hydrogen-bond acceptors (Lipinski definition) is 3. The van der Waals surface area contributed by atoms with Crippen molar-refractivity contribution in [3.8, 4) is 0 Å². The van der Waals surface area contributed by atoms with Crippen LogP contribution in [0.1, 0.15) is 30.9 Å². The molecular formula is C24H29N3O2. The van der Waals surface area contributed by atoms with Crippen molar-refractivity contribution in [2.75, 3.05) is 36.4 Å². The number of nitrogens with zero attached hydrogens (tertiary/aromatic N) is 2. The number of carbonyl (C=O) groups is 2. The van der Waals surface area contributed by atoms with Crippen molar-refractivity contribution < 1.29 is 9.59 Å². The van der Waals surface area contributed by atoms with Gasteiger partial charge in [-0.05, 0) is 55.5 Å². The quantitative estimate of drug-likeness (QED) is 0.792. The van der Waals surface area contributed by atoms with Gasteiger partial charge >= 0.3 is 0 Å². The Morgan fingerprint density at radius 1 is 1.00 bits per heavy atom. The normalized spacial score (nSPS) is 17.7. The van der Waals surface area contributed by atoms with E-state index in [1.807, 2.05) is 29.2 Å². The predicted octanol–water partition coefficient (Wildman–Crippen LogP) is 3.62. The largest absolute Gasteiger partial charge is 0.368 e. The molecule has 152 valence electrons. The van der Waals surface area contributed by atoms with Crippen molar-refractivity contribution in [1.29, 1.82) is 0 Å². The number of amides is 2. The van der Waals surface area contributed by atoms with Crippen LogP contribution in [0.5, 0.6) is 0 Å². The lowest BCUT2D eigenvalue weighted by Gasteiger charge is -2.37. The molecule has 5 nitrogen and oxygen atoms in total. The van der Waals surface area contributed by atoms with Crippen molar-refractivity contribution in [2.45, 2.75) is 33.1 Å². The van der Waals surface area contributed by atoms with Crippen LogP contribution in [0.3, 0.4) is 0 Å². The van der Waals surface area contributed by atoms with Crippen LogP contribution >= 0.6 is 0 Å². The summed E-state index contributed by atoms with van der Waals surface area (Å²) in [6.07, 6.45) is 2.13. The second-order valence-electron chi connectivity index (χ2n) is 8.17. The molecule has 5 heteroatoms. The van der Waals surface area contributed by atoms with E-state index < -0.39 is 5.41 Å². The lowest BCUT2D eigenvalue weighted by molar-refractivity contribution is -0.142. The molecular weight excluding hydrogens is 362 g/mol. The third kappa shape index (κ3) is 3.86. The van der Waals surface area contributed by atoms with Crippen LogP contribution in [-0.2, 0) is 16.0 Å². The van der Waals surface area contributed by atoms with Crippen molar-refractivity contribution >= 4 is 23.2 Å². The zero-order valence-electron chi connectivity index (χ0n) is 17.3. The summed E-state index contributed by atoms with van der Waals surface area (Å²) in [6, 6.07) is 16.3. The average Bonchev–Trinajstić information content (AvgIpc) is 3.56. The van der Waals surface area contributed by atoms with Crippen LogP contribution in [0, 0.1) is 12.3 Å². The smallest absolute Gasteiger partial charge is 0.240 e. The molecule has 0 radical (unpaired) electrons. The highest BCUT2D eigenvalue weighted by Gasteiger charge is 2.58. The lowest BCUT2D eigenvalue weighted by Crippen LogP contribution is -2.52. The Morgan fingerprint density at radius 3 is 2.38 bits per heavy atom. The molecule has 1 saturated heterocycles. The Morgan fingerprint density at radius 2 is 1.72 bits per heavy atom. The monoisotopic (exact) mass is 391 g/mol. The molecule has 4 rings (SSSR count). The summed E-state index contributed by atoms with van der Waals surface area (Å²) in [7, 11) is 0. The fraction of sp³-hybridized carbons (Fsp3) is 0.417. The van der Waals surface area contributed by atoms with E-state index in [1.165, 1.54) is 11.3 Å². The number of carbonyl (C=O) groups excluding carboxylic acids is 2. The molecule has 2 fully saturated rings. The number of nitrogens with one attached hydrogen (secondary N) is 1. The third-order valence-electron chi connectivity index (χ3n) is 6.17. The van der Waals surface area contributed by atoms with E-state index in [9.17, 15) is 9.59 Å². The Labute approximate surface area is 172 Å². The minimum absolute atomic E-state index is 0.00660. The molecule has 2 amide bonds. The van der Waals surface area contributed by atoms with Gasteiger partial charge in [-0.25, -0.2) is 0 Å². The summed E-state index contributed by atoms with van der Waals surface area (Å²) in [5, 5.41) is 3.03. The maximum absolute atomic E-state index is 13.2. The van der Waals surface area contributed by atoms with Crippen molar-refractivity contribution in [1.82, 2.24) is 4.90 Å². The molecule has 1 aliphatic carbocycles. The van der Waals surface area contributed by atoms with Gasteiger partial charge in [0.05, 0.1) is 0 Å². The van der Waals surface area contributed by atoms with Crippen LogP contribution in [-0.4, -0.2) is 42.9 Å². The maximum atomic E-state index is 13.2. The third-order valence-corrected chi connectivity index (χ3v) is 6.17. The Kier molecular flexibility index (Phi) is 5.31. The minimum atomic E-state index is -0.869. The van der Waals surface area contributed by atoms with Gasteiger partial charge in [-0.1, -0.05) is 37.3 Å². The summed E-state index contributed by atoms with van der Waals surface area (Å²) in [6.45, 7) is 7.07. The van der Waals surface area contributed by atoms with Gasteiger partial charge in [0, 0.05) is 37.6 Å². The van der Waals surface area contributed by atoms with Crippen molar-refractivity contribution in [3.05, 3.63) is 59.7 Å². The number of hydrogen-bond donors (Lipinski definition) is 1. The number of aryl methyl sites for hydroxylation is 2. The molecule has 0 bridgehead atoms. The first-order valence-corrected chi connectivity index (χ1v) is 10.5. The van der Waals surface area contributed by atoms with Gasteiger partial charge in [-0.3, -0.25) is 9.59 Å². The zero-order chi connectivity index (χ0) is 20.4. The molecule has 2 aliphatic rings. The highest BCUT2D eigenvalue weighted by molar-refractivity contribution is 6.13. The van der Waals surface area contributed by atoms with Crippen LogP contribution < -0.4 is 10.2 Å². The summed E-state index contributed by atoms with van der Waals surface area (Å²) >= 11 is 0. The zero-order valence-corrected chi connectivity index (χ0v) is 17.3. The van der Waals surface area contributed by atoms with Gasteiger partial charge in [-0.2, -0.15) is 0 Å². The number of piperazine rings is 1. The van der Waals surface area contributed by atoms with E-state index in [0.717, 1.165) is 30.8 Å². The summed E-state index contributed by atoms with van der Waals surface area (Å²) in [5.74, 6) is -0.155. The number of rotatable bonds is 5. The first-order valence-electron chi connectivity index (χ1n) is 10.5. The first kappa shape index (κ1) is 19.5. The minimum Gasteiger partial charge on any atom is -0.368 e. The standard InChI is InChI=1S/C24H29N3O2/c1-3-19-8-4-5-10-21(19)25-22(28)24(11-12-24)23(29)27-15-13-26(14-16-27)20-9-6-7-18(2)17-20/h4-10,17H,3,11-16H2,1-2H3,(H,25,28). The van der Waals surface area contributed by atoms with Gasteiger partial charge in [0.1, 0.15) is 5.41 Å². The van der Waals surface area contributed by atoms with Crippen LogP contribution in [0.4, 0.5) is 11.4 Å². The summed E-state index contributed by atoms with van der Waals surface area (Å²) < 4.78 is 0. The van der Waals surface area contributed by atoms with E-state index in [2.05, 4.69) is 48.3 Å². The van der Waals surface area contributed by atoms with Gasteiger partial charge in [-0.15, -0.1) is 0 Å². The van der Waals surface area contributed by atoms with Gasteiger partial charge in [0.2, 0.25) is 11.8 Å². The first-order chi connectivity index (χ1) is 14.0. The topological polar surface area (TPSA) is 52.7 Å². The summed E-state index contributed by atoms with van der Waals surface area (Å²) in [5.41, 5.74) is 3.49. The molecule has 0 aromatic heterocycles. The SMILES string of the molecule is CCc1ccccc1NC(=O)C1(C(=O)N2CCN(c3cccc(C)c3)CC2)CC1. The van der Waals surface area contributed by atoms with Gasteiger partial charge < -0.3 is 15.1 Å². The van der Waals surface area contributed by atoms with Crippen molar-refractivity contribution in [2.24, 2.45) is 5.41 Å². The van der Waals surface area contributed by atoms with Gasteiger partial charge in [0.25, 0.3) is 0 Å². The van der Waals surface area contributed by atoms with E-state index in [0.29, 0.717) is 25.9 Å². The average molecular weight is 392 g/mol. The second kappa shape index (κ2) is 7.90. The second-order valence-corrected chi connectivity index (χ2v) is 8.17. The molecule has 1 heterocycles. The van der Waals surface area contributed by atoms with Crippen LogP contribution in [0.2, 0.25) is 0 Å². The fourth-order valence-electron chi connectivity index (χ4n) is 4.15. The molecule has 2 aromatic carbocycles. The highest BCUT2D eigenvalue weighted by Crippen LogP contribution is 2.48. The van der Waals surface area contributed by atoms with Gasteiger partial charge in [0.15, 0.2) is 0 Å². The van der Waals surface area contributed by atoms with E-state index >= 15 is 0 Å². The van der Waals surface area contributed by atoms with E-state index in [1.54, 1.807) is 0 Å². The lowest BCUT2D eigenvalue weighted by atomic mass is 10.0. The number of benzene rings is 2. The molecule has 29 heavy (non-hydrogen) atoms. The Balaban J connectivity index is 1.40. The van der Waals surface area contributed by atoms with Crippen LogP contribution in [0.15, 0.2) is 48.5 Å². The Hall–Kier alpha value is -2.82. The van der Waals surface area contributed by atoms with E-state index in [-0.39, 0.29) is 11.8 Å². The molecule has 0 spiro atoms. The highest BCUT2D eigenvalue weighted by atomic mass is 16.2.